The summed E-state index contributed by atoms with van der Waals surface area (Å²) in [4.78, 5) is 37.3. The summed E-state index contributed by atoms with van der Waals surface area (Å²) in [7, 11) is 0. The third kappa shape index (κ3) is 3.46. The lowest BCUT2D eigenvalue weighted by atomic mass is 10.0. The molecule has 0 unspecified atom stereocenters. The molecule has 2 aromatic rings. The lowest BCUT2D eigenvalue weighted by Gasteiger charge is -2.12. The standard InChI is InChI=1S/C20H16BrNO4/c1-12(23)15-5-8-19-17(9-15)18(20(25)22(19)13(2)24)11-26-10-14-3-6-16(21)7-4-14/h3-9,11H,10H2,1-2H3. The van der Waals surface area contributed by atoms with Gasteiger partial charge in [-0.2, -0.15) is 0 Å². The molecule has 132 valence electrons. The minimum atomic E-state index is -0.455. The molecule has 0 atom stereocenters. The number of hydrogen-bond acceptors (Lipinski definition) is 4. The maximum atomic E-state index is 12.6. The fourth-order valence-corrected chi connectivity index (χ4v) is 3.00. The van der Waals surface area contributed by atoms with Crippen molar-refractivity contribution in [1.29, 1.82) is 0 Å². The number of rotatable bonds is 4. The van der Waals surface area contributed by atoms with Crippen LogP contribution in [0.5, 0.6) is 0 Å². The van der Waals surface area contributed by atoms with E-state index in [0.29, 0.717) is 16.8 Å². The molecule has 2 aromatic carbocycles. The van der Waals surface area contributed by atoms with Gasteiger partial charge in [0, 0.05) is 22.5 Å². The molecule has 1 aliphatic rings. The first-order valence-corrected chi connectivity index (χ1v) is 8.74. The van der Waals surface area contributed by atoms with Gasteiger partial charge in [0.25, 0.3) is 5.91 Å². The molecule has 0 saturated heterocycles. The van der Waals surface area contributed by atoms with E-state index in [1.54, 1.807) is 18.2 Å². The number of carbonyl (C=O) groups excluding carboxylic acids is 3. The molecule has 6 heteroatoms. The largest absolute Gasteiger partial charge is 0.496 e. The molecule has 0 saturated carbocycles. The number of benzene rings is 2. The van der Waals surface area contributed by atoms with Crippen molar-refractivity contribution in [2.45, 2.75) is 20.5 Å². The van der Waals surface area contributed by atoms with E-state index in [9.17, 15) is 14.4 Å². The van der Waals surface area contributed by atoms with E-state index in [1.807, 2.05) is 24.3 Å². The Balaban J connectivity index is 1.92. The predicted molar refractivity (Wildman–Crippen MR) is 102 cm³/mol. The van der Waals surface area contributed by atoms with Gasteiger partial charge in [0.15, 0.2) is 5.78 Å². The fraction of sp³-hybridized carbons (Fsp3) is 0.150. The van der Waals surface area contributed by atoms with E-state index in [1.165, 1.54) is 20.1 Å². The fourth-order valence-electron chi connectivity index (χ4n) is 2.74. The summed E-state index contributed by atoms with van der Waals surface area (Å²) in [6.45, 7) is 3.06. The van der Waals surface area contributed by atoms with Crippen molar-refractivity contribution in [3.63, 3.8) is 0 Å². The molecule has 5 nitrogen and oxygen atoms in total. The monoisotopic (exact) mass is 413 g/mol. The van der Waals surface area contributed by atoms with Crippen LogP contribution < -0.4 is 4.90 Å². The van der Waals surface area contributed by atoms with Gasteiger partial charge in [-0.25, -0.2) is 4.90 Å². The van der Waals surface area contributed by atoms with Crippen LogP contribution in [0.4, 0.5) is 5.69 Å². The van der Waals surface area contributed by atoms with Gasteiger partial charge in [-0.1, -0.05) is 28.1 Å². The summed E-state index contributed by atoms with van der Waals surface area (Å²) < 4.78 is 6.54. The number of Topliss-reactive ketones (excluding diaryl/α,β-unsaturated/α-hetero) is 1. The van der Waals surface area contributed by atoms with Crippen LogP contribution in [-0.2, 0) is 20.9 Å². The molecular weight excluding hydrogens is 398 g/mol. The van der Waals surface area contributed by atoms with Gasteiger partial charge < -0.3 is 4.74 Å². The minimum Gasteiger partial charge on any atom is -0.496 e. The van der Waals surface area contributed by atoms with Crippen LogP contribution in [-0.4, -0.2) is 17.6 Å². The molecule has 1 aliphatic heterocycles. The number of nitrogens with zero attached hydrogens (tertiary/aromatic N) is 1. The van der Waals surface area contributed by atoms with Crippen molar-refractivity contribution in [3.05, 3.63) is 69.9 Å². The highest BCUT2D eigenvalue weighted by atomic mass is 79.9. The Morgan fingerprint density at radius 1 is 1.12 bits per heavy atom. The molecule has 0 radical (unpaired) electrons. The molecular formula is C20H16BrNO4. The smallest absolute Gasteiger partial charge is 0.268 e. The first-order chi connectivity index (χ1) is 12.4. The van der Waals surface area contributed by atoms with Gasteiger partial charge in [0.1, 0.15) is 6.61 Å². The highest BCUT2D eigenvalue weighted by Gasteiger charge is 2.35. The molecule has 1 heterocycles. The molecule has 3 rings (SSSR count). The minimum absolute atomic E-state index is 0.114. The summed E-state index contributed by atoms with van der Waals surface area (Å²) in [6, 6.07) is 12.5. The number of halogens is 1. The third-order valence-corrected chi connectivity index (χ3v) is 4.58. The van der Waals surface area contributed by atoms with Crippen LogP contribution in [0, 0.1) is 0 Å². The highest BCUT2D eigenvalue weighted by molar-refractivity contribution is 9.10. The van der Waals surface area contributed by atoms with E-state index in [-0.39, 0.29) is 23.9 Å². The molecule has 0 spiro atoms. The second-order valence-electron chi connectivity index (χ2n) is 5.92. The van der Waals surface area contributed by atoms with Crippen LogP contribution in [0.1, 0.15) is 35.3 Å². The summed E-state index contributed by atoms with van der Waals surface area (Å²) >= 11 is 3.37. The Kier molecular flexibility index (Phi) is 5.04. The highest BCUT2D eigenvalue weighted by Crippen LogP contribution is 2.37. The quantitative estimate of drug-likeness (QED) is 0.429. The Labute approximate surface area is 159 Å². The number of hydrogen-bond donors (Lipinski definition) is 0. The normalized spacial score (nSPS) is 14.5. The molecule has 26 heavy (non-hydrogen) atoms. The lowest BCUT2D eigenvalue weighted by Crippen LogP contribution is -2.31. The topological polar surface area (TPSA) is 63.7 Å². The second kappa shape index (κ2) is 7.25. The van der Waals surface area contributed by atoms with Crippen LogP contribution in [0.2, 0.25) is 0 Å². The number of anilines is 1. The summed E-state index contributed by atoms with van der Waals surface area (Å²) in [6.07, 6.45) is 1.36. The Hall–Kier alpha value is -2.73. The molecule has 0 bridgehead atoms. The molecule has 0 aliphatic carbocycles. The van der Waals surface area contributed by atoms with Gasteiger partial charge in [-0.15, -0.1) is 0 Å². The Morgan fingerprint density at radius 2 is 1.81 bits per heavy atom. The van der Waals surface area contributed by atoms with Crippen molar-refractivity contribution < 1.29 is 19.1 Å². The zero-order valence-corrected chi connectivity index (χ0v) is 15.9. The Morgan fingerprint density at radius 3 is 2.42 bits per heavy atom. The van der Waals surface area contributed by atoms with Crippen LogP contribution >= 0.6 is 15.9 Å². The number of fused-ring (bicyclic) bond motifs is 1. The summed E-state index contributed by atoms with van der Waals surface area (Å²) in [5.41, 5.74) is 2.66. The zero-order chi connectivity index (χ0) is 18.8. The van der Waals surface area contributed by atoms with Crippen LogP contribution in [0.25, 0.3) is 5.57 Å². The van der Waals surface area contributed by atoms with E-state index >= 15 is 0 Å². The maximum absolute atomic E-state index is 12.6. The predicted octanol–water partition coefficient (Wildman–Crippen LogP) is 4.10. The van der Waals surface area contributed by atoms with Crippen molar-refractivity contribution in [1.82, 2.24) is 0 Å². The molecule has 0 fully saturated rings. The van der Waals surface area contributed by atoms with Crippen molar-refractivity contribution in [2.24, 2.45) is 0 Å². The van der Waals surface area contributed by atoms with Crippen LogP contribution in [0.15, 0.2) is 53.2 Å². The van der Waals surface area contributed by atoms with E-state index in [0.717, 1.165) is 14.9 Å². The molecule has 0 aromatic heterocycles. The maximum Gasteiger partial charge on any atom is 0.268 e. The first-order valence-electron chi connectivity index (χ1n) is 7.95. The summed E-state index contributed by atoms with van der Waals surface area (Å²) in [5.74, 6) is -0.955. The number of ketones is 1. The van der Waals surface area contributed by atoms with Gasteiger partial charge in [0.2, 0.25) is 5.91 Å². The van der Waals surface area contributed by atoms with Gasteiger partial charge >= 0.3 is 0 Å². The van der Waals surface area contributed by atoms with Gasteiger partial charge in [0.05, 0.1) is 17.5 Å². The van der Waals surface area contributed by atoms with Crippen LogP contribution in [0.3, 0.4) is 0 Å². The zero-order valence-electron chi connectivity index (χ0n) is 14.3. The van der Waals surface area contributed by atoms with E-state index < -0.39 is 5.91 Å². The summed E-state index contributed by atoms with van der Waals surface area (Å²) in [5, 5.41) is 0. The van der Waals surface area contributed by atoms with Crippen molar-refractivity contribution >= 4 is 44.8 Å². The number of ether oxygens (including phenoxy) is 1. The SMILES string of the molecule is CC(=O)c1ccc2c(c1)C(=COCc1ccc(Br)cc1)C(=O)N2C(C)=O. The number of carbonyl (C=O) groups is 3. The number of imide groups is 1. The first kappa shape index (κ1) is 18.1. The second-order valence-corrected chi connectivity index (χ2v) is 6.83. The van der Waals surface area contributed by atoms with Gasteiger partial charge in [-0.3, -0.25) is 14.4 Å². The Bertz CT molecular complexity index is 931. The average molecular weight is 414 g/mol. The molecule has 2 amide bonds. The lowest BCUT2D eigenvalue weighted by molar-refractivity contribution is -0.122. The van der Waals surface area contributed by atoms with Crippen molar-refractivity contribution in [3.8, 4) is 0 Å². The van der Waals surface area contributed by atoms with Gasteiger partial charge in [-0.05, 0) is 42.8 Å². The van der Waals surface area contributed by atoms with E-state index in [2.05, 4.69) is 15.9 Å². The van der Waals surface area contributed by atoms with Crippen molar-refractivity contribution in [2.75, 3.05) is 4.90 Å². The molecule has 0 N–H and O–H groups in total. The van der Waals surface area contributed by atoms with E-state index in [4.69, 9.17) is 4.74 Å². The number of amides is 2. The third-order valence-electron chi connectivity index (χ3n) is 4.05. The average Bonchev–Trinajstić information content (AvgIpc) is 2.88.